The number of hydrogen-bond acceptors (Lipinski definition) is 1. The number of rotatable bonds is 4. The van der Waals surface area contributed by atoms with Crippen LogP contribution in [0.2, 0.25) is 0 Å². The molecule has 78 valence electrons. The number of terminal acetylenes is 1. The quantitative estimate of drug-likeness (QED) is 0.734. The lowest BCUT2D eigenvalue weighted by molar-refractivity contribution is 0.190. The summed E-state index contributed by atoms with van der Waals surface area (Å²) in [4.78, 5) is 10.5. The van der Waals surface area contributed by atoms with E-state index in [1.165, 1.54) is 0 Å². The standard InChI is InChI=1S/C12H13NO2/c1-2-6-11(13-12(14)15)9-10-7-4-3-5-8-10/h1,3-5,7-8,11,13H,6,9H2,(H,14,15). The predicted octanol–water partition coefficient (Wildman–Crippen LogP) is 1.89. The Kier molecular flexibility index (Phi) is 4.24. The third-order valence-electron chi connectivity index (χ3n) is 2.02. The number of amides is 1. The van der Waals surface area contributed by atoms with Crippen molar-refractivity contribution in [3.8, 4) is 12.3 Å². The number of benzene rings is 1. The highest BCUT2D eigenvalue weighted by molar-refractivity contribution is 5.65. The van der Waals surface area contributed by atoms with Crippen LogP contribution in [-0.2, 0) is 6.42 Å². The number of nitrogens with one attached hydrogen (secondary N) is 1. The molecule has 0 aliphatic heterocycles. The van der Waals surface area contributed by atoms with Gasteiger partial charge in [-0.1, -0.05) is 30.3 Å². The molecular weight excluding hydrogens is 190 g/mol. The van der Waals surface area contributed by atoms with Gasteiger partial charge in [0, 0.05) is 12.5 Å². The van der Waals surface area contributed by atoms with Gasteiger partial charge in [-0.2, -0.15) is 0 Å². The van der Waals surface area contributed by atoms with Crippen molar-refractivity contribution in [3.05, 3.63) is 35.9 Å². The fraction of sp³-hybridized carbons (Fsp3) is 0.250. The summed E-state index contributed by atoms with van der Waals surface area (Å²) >= 11 is 0. The van der Waals surface area contributed by atoms with E-state index in [2.05, 4.69) is 11.2 Å². The highest BCUT2D eigenvalue weighted by Gasteiger charge is 2.10. The minimum atomic E-state index is -1.04. The lowest BCUT2D eigenvalue weighted by atomic mass is 10.0. The number of carboxylic acid groups (broad SMARTS) is 1. The molecule has 0 aliphatic carbocycles. The fourth-order valence-electron chi connectivity index (χ4n) is 1.39. The molecule has 15 heavy (non-hydrogen) atoms. The van der Waals surface area contributed by atoms with Gasteiger partial charge in [0.15, 0.2) is 0 Å². The third-order valence-corrected chi connectivity index (χ3v) is 2.02. The predicted molar refractivity (Wildman–Crippen MR) is 58.5 cm³/mol. The summed E-state index contributed by atoms with van der Waals surface area (Å²) in [6, 6.07) is 9.45. The molecule has 1 aromatic rings. The summed E-state index contributed by atoms with van der Waals surface area (Å²) in [5, 5.41) is 11.0. The smallest absolute Gasteiger partial charge is 0.404 e. The van der Waals surface area contributed by atoms with E-state index in [9.17, 15) is 4.79 Å². The molecule has 0 saturated carbocycles. The van der Waals surface area contributed by atoms with Crippen LogP contribution in [-0.4, -0.2) is 17.2 Å². The van der Waals surface area contributed by atoms with Gasteiger partial charge >= 0.3 is 6.09 Å². The van der Waals surface area contributed by atoms with Crippen molar-refractivity contribution in [2.45, 2.75) is 18.9 Å². The molecule has 0 radical (unpaired) electrons. The highest BCUT2D eigenvalue weighted by Crippen LogP contribution is 2.05. The van der Waals surface area contributed by atoms with Crippen LogP contribution in [0.5, 0.6) is 0 Å². The molecule has 2 N–H and O–H groups in total. The molecule has 0 aliphatic rings. The van der Waals surface area contributed by atoms with Crippen LogP contribution in [0.15, 0.2) is 30.3 Å². The average molecular weight is 203 g/mol. The molecule has 0 aromatic heterocycles. The summed E-state index contributed by atoms with van der Waals surface area (Å²) in [7, 11) is 0. The fourth-order valence-corrected chi connectivity index (χ4v) is 1.39. The molecule has 1 atom stereocenters. The van der Waals surface area contributed by atoms with Gasteiger partial charge in [-0.3, -0.25) is 0 Å². The molecule has 0 spiro atoms. The van der Waals surface area contributed by atoms with Gasteiger partial charge in [0.1, 0.15) is 0 Å². The van der Waals surface area contributed by atoms with E-state index in [1.807, 2.05) is 30.3 Å². The van der Waals surface area contributed by atoms with Crippen molar-refractivity contribution in [2.75, 3.05) is 0 Å². The zero-order valence-electron chi connectivity index (χ0n) is 8.31. The minimum Gasteiger partial charge on any atom is -0.465 e. The van der Waals surface area contributed by atoms with Crippen LogP contribution in [0.1, 0.15) is 12.0 Å². The van der Waals surface area contributed by atoms with Gasteiger partial charge in [-0.15, -0.1) is 12.3 Å². The lowest BCUT2D eigenvalue weighted by Gasteiger charge is -2.13. The first-order chi connectivity index (χ1) is 7.22. The summed E-state index contributed by atoms with van der Waals surface area (Å²) in [6.07, 6.45) is 5.17. The van der Waals surface area contributed by atoms with Crippen LogP contribution < -0.4 is 5.32 Å². The molecule has 1 unspecified atom stereocenters. The Bertz CT molecular complexity index is 354. The van der Waals surface area contributed by atoms with Gasteiger partial charge in [0.2, 0.25) is 0 Å². The van der Waals surface area contributed by atoms with E-state index < -0.39 is 6.09 Å². The summed E-state index contributed by atoms with van der Waals surface area (Å²) in [6.45, 7) is 0. The van der Waals surface area contributed by atoms with Crippen molar-refractivity contribution in [3.63, 3.8) is 0 Å². The molecule has 0 heterocycles. The van der Waals surface area contributed by atoms with Gasteiger partial charge in [0.25, 0.3) is 0 Å². The van der Waals surface area contributed by atoms with E-state index >= 15 is 0 Å². The van der Waals surface area contributed by atoms with Gasteiger partial charge in [-0.25, -0.2) is 4.79 Å². The van der Waals surface area contributed by atoms with Crippen molar-refractivity contribution < 1.29 is 9.90 Å². The van der Waals surface area contributed by atoms with Gasteiger partial charge in [0.05, 0.1) is 0 Å². The first-order valence-electron chi connectivity index (χ1n) is 4.69. The largest absolute Gasteiger partial charge is 0.465 e. The SMILES string of the molecule is C#CCC(Cc1ccccc1)NC(=O)O. The molecule has 1 aromatic carbocycles. The van der Waals surface area contributed by atoms with Crippen LogP contribution in [0.4, 0.5) is 4.79 Å². The Morgan fingerprint density at radius 2 is 2.13 bits per heavy atom. The second-order valence-electron chi connectivity index (χ2n) is 3.24. The highest BCUT2D eigenvalue weighted by atomic mass is 16.4. The zero-order chi connectivity index (χ0) is 11.1. The molecule has 0 saturated heterocycles. The van der Waals surface area contributed by atoms with E-state index in [4.69, 9.17) is 11.5 Å². The topological polar surface area (TPSA) is 49.3 Å². The third kappa shape index (κ3) is 4.19. The van der Waals surface area contributed by atoms with E-state index in [0.29, 0.717) is 12.8 Å². The first-order valence-corrected chi connectivity index (χ1v) is 4.69. The Balaban J connectivity index is 2.59. The second kappa shape index (κ2) is 5.71. The summed E-state index contributed by atoms with van der Waals surface area (Å²) in [5.41, 5.74) is 1.08. The van der Waals surface area contributed by atoms with Crippen molar-refractivity contribution in [1.29, 1.82) is 0 Å². The monoisotopic (exact) mass is 203 g/mol. The average Bonchev–Trinajstić information content (AvgIpc) is 2.18. The zero-order valence-corrected chi connectivity index (χ0v) is 8.31. The van der Waals surface area contributed by atoms with Crippen molar-refractivity contribution in [2.24, 2.45) is 0 Å². The van der Waals surface area contributed by atoms with Gasteiger partial charge in [-0.05, 0) is 12.0 Å². The van der Waals surface area contributed by atoms with Crippen molar-refractivity contribution >= 4 is 6.09 Å². The van der Waals surface area contributed by atoms with Crippen LogP contribution in [0, 0.1) is 12.3 Å². The Hall–Kier alpha value is -1.95. The molecule has 1 amide bonds. The molecule has 3 heteroatoms. The maximum atomic E-state index is 10.5. The van der Waals surface area contributed by atoms with Crippen LogP contribution in [0.25, 0.3) is 0 Å². The minimum absolute atomic E-state index is 0.213. The maximum absolute atomic E-state index is 10.5. The number of carbonyl (C=O) groups is 1. The lowest BCUT2D eigenvalue weighted by Crippen LogP contribution is -2.34. The maximum Gasteiger partial charge on any atom is 0.404 e. The Morgan fingerprint density at radius 3 is 2.67 bits per heavy atom. The molecular formula is C12H13NO2. The second-order valence-corrected chi connectivity index (χ2v) is 3.24. The van der Waals surface area contributed by atoms with E-state index in [1.54, 1.807) is 0 Å². The van der Waals surface area contributed by atoms with Crippen molar-refractivity contribution in [1.82, 2.24) is 5.32 Å². The first kappa shape index (κ1) is 11.1. The molecule has 3 nitrogen and oxygen atoms in total. The Labute approximate surface area is 89.1 Å². The Morgan fingerprint density at radius 1 is 1.47 bits per heavy atom. The van der Waals surface area contributed by atoms with E-state index in [0.717, 1.165) is 5.56 Å². The summed E-state index contributed by atoms with van der Waals surface area (Å²) < 4.78 is 0. The normalized spacial score (nSPS) is 11.4. The molecule has 1 rings (SSSR count). The van der Waals surface area contributed by atoms with Gasteiger partial charge < -0.3 is 10.4 Å². The van der Waals surface area contributed by atoms with E-state index in [-0.39, 0.29) is 6.04 Å². The summed E-state index contributed by atoms with van der Waals surface area (Å²) in [5.74, 6) is 2.47. The number of hydrogen-bond donors (Lipinski definition) is 2. The molecule has 0 fully saturated rings. The van der Waals surface area contributed by atoms with Crippen LogP contribution >= 0.6 is 0 Å². The molecule has 0 bridgehead atoms. The van der Waals surface area contributed by atoms with Crippen LogP contribution in [0.3, 0.4) is 0 Å².